The van der Waals surface area contributed by atoms with E-state index in [-0.39, 0.29) is 29.7 Å². The number of nitrogens with zero attached hydrogens (tertiary/aromatic N) is 1. The highest BCUT2D eigenvalue weighted by molar-refractivity contribution is 6.03. The number of benzene rings is 2. The quantitative estimate of drug-likeness (QED) is 0.721. The van der Waals surface area contributed by atoms with E-state index in [4.69, 9.17) is 4.74 Å². The van der Waals surface area contributed by atoms with Gasteiger partial charge < -0.3 is 15.0 Å². The second-order valence-electron chi connectivity index (χ2n) is 7.69. The van der Waals surface area contributed by atoms with Crippen molar-refractivity contribution in [3.8, 4) is 5.75 Å². The number of carbonyl (C=O) groups excluding carboxylic acids is 2. The van der Waals surface area contributed by atoms with Gasteiger partial charge in [0.25, 0.3) is 0 Å². The zero-order valence-corrected chi connectivity index (χ0v) is 17.0. The minimum atomic E-state index is -0.340. The number of hydrogen-bond donors (Lipinski definition) is 1. The van der Waals surface area contributed by atoms with Crippen LogP contribution in [0.5, 0.6) is 5.75 Å². The fraction of sp³-hybridized carbons (Fsp3) is 0.364. The molecule has 28 heavy (non-hydrogen) atoms. The van der Waals surface area contributed by atoms with Gasteiger partial charge in [-0.15, -0.1) is 0 Å². The number of hydrogen-bond acceptors (Lipinski definition) is 3. The van der Waals surface area contributed by atoms with E-state index in [1.165, 1.54) is 24.0 Å². The summed E-state index contributed by atoms with van der Waals surface area (Å²) in [6.07, 6.45) is 0. The minimum Gasteiger partial charge on any atom is -0.491 e. The van der Waals surface area contributed by atoms with Crippen LogP contribution in [0, 0.1) is 5.82 Å². The number of halogens is 1. The molecule has 0 heterocycles. The molecule has 0 aromatic heterocycles. The van der Waals surface area contributed by atoms with Crippen molar-refractivity contribution in [2.45, 2.75) is 33.1 Å². The van der Waals surface area contributed by atoms with Crippen molar-refractivity contribution in [2.24, 2.45) is 0 Å². The third kappa shape index (κ3) is 5.55. The molecule has 0 saturated carbocycles. The van der Waals surface area contributed by atoms with Gasteiger partial charge in [-0.05, 0) is 42.7 Å². The molecule has 1 N–H and O–H groups in total. The molecule has 0 bridgehead atoms. The van der Waals surface area contributed by atoms with E-state index < -0.39 is 0 Å². The monoisotopic (exact) mass is 386 g/mol. The average Bonchev–Trinajstić information content (AvgIpc) is 2.62. The lowest BCUT2D eigenvalue weighted by Crippen LogP contribution is -2.35. The van der Waals surface area contributed by atoms with Gasteiger partial charge in [-0.25, -0.2) is 9.18 Å². The highest BCUT2D eigenvalue weighted by atomic mass is 19.1. The smallest absolute Gasteiger partial charge is 0.321 e. The van der Waals surface area contributed by atoms with E-state index in [2.05, 4.69) is 5.32 Å². The Labute approximate surface area is 165 Å². The SMILES string of the molecule is CC(=O)c1ccccc1NC(=O)N(C)CCOc1ccc(F)cc1C(C)(C)C. The average molecular weight is 386 g/mol. The van der Waals surface area contributed by atoms with Gasteiger partial charge in [-0.1, -0.05) is 32.9 Å². The third-order valence-corrected chi connectivity index (χ3v) is 4.33. The number of ether oxygens (including phenoxy) is 1. The number of rotatable bonds is 6. The topological polar surface area (TPSA) is 58.6 Å². The number of urea groups is 1. The number of ketones is 1. The Kier molecular flexibility index (Phi) is 6.78. The number of para-hydroxylation sites is 1. The Morgan fingerprint density at radius 2 is 1.82 bits per heavy atom. The molecule has 0 aliphatic rings. The molecule has 0 spiro atoms. The molecule has 5 nitrogen and oxygen atoms in total. The first-order valence-corrected chi connectivity index (χ1v) is 9.14. The van der Waals surface area contributed by atoms with E-state index in [0.717, 1.165) is 5.56 Å². The first kappa shape index (κ1) is 21.4. The highest BCUT2D eigenvalue weighted by Crippen LogP contribution is 2.31. The van der Waals surface area contributed by atoms with Crippen LogP contribution in [0.2, 0.25) is 0 Å². The Morgan fingerprint density at radius 3 is 2.46 bits per heavy atom. The molecule has 0 unspecified atom stereocenters. The van der Waals surface area contributed by atoms with Crippen molar-refractivity contribution in [1.29, 1.82) is 0 Å². The van der Waals surface area contributed by atoms with Gasteiger partial charge in [0.05, 0.1) is 12.2 Å². The summed E-state index contributed by atoms with van der Waals surface area (Å²) in [4.78, 5) is 25.5. The Balaban J connectivity index is 1.97. The van der Waals surface area contributed by atoms with E-state index in [1.807, 2.05) is 20.8 Å². The zero-order chi connectivity index (χ0) is 20.9. The molecule has 2 aromatic rings. The van der Waals surface area contributed by atoms with Crippen LogP contribution in [0.15, 0.2) is 42.5 Å². The molecule has 2 amide bonds. The van der Waals surface area contributed by atoms with E-state index in [9.17, 15) is 14.0 Å². The molecule has 0 atom stereocenters. The summed E-state index contributed by atoms with van der Waals surface area (Å²) >= 11 is 0. The van der Waals surface area contributed by atoms with Crippen molar-refractivity contribution < 1.29 is 18.7 Å². The third-order valence-electron chi connectivity index (χ3n) is 4.33. The minimum absolute atomic E-state index is 0.118. The van der Waals surface area contributed by atoms with Crippen LogP contribution in [-0.2, 0) is 5.41 Å². The van der Waals surface area contributed by atoms with Crippen LogP contribution < -0.4 is 10.1 Å². The van der Waals surface area contributed by atoms with Crippen LogP contribution in [0.25, 0.3) is 0 Å². The normalized spacial score (nSPS) is 11.1. The predicted octanol–water partition coefficient (Wildman–Crippen LogP) is 4.87. The lowest BCUT2D eigenvalue weighted by molar-refractivity contribution is 0.101. The molecule has 2 aromatic carbocycles. The second-order valence-corrected chi connectivity index (χ2v) is 7.69. The number of nitrogens with one attached hydrogen (secondary N) is 1. The van der Waals surface area contributed by atoms with Crippen LogP contribution in [0.4, 0.5) is 14.9 Å². The Bertz CT molecular complexity index is 859. The first-order valence-electron chi connectivity index (χ1n) is 9.14. The van der Waals surface area contributed by atoms with Crippen molar-refractivity contribution in [3.63, 3.8) is 0 Å². The first-order chi connectivity index (χ1) is 13.1. The standard InChI is InChI=1S/C22H27FN2O3/c1-15(26)17-8-6-7-9-19(17)24-21(27)25(5)12-13-28-20-11-10-16(23)14-18(20)22(2,3)4/h6-11,14H,12-13H2,1-5H3,(H,24,27). The summed E-state index contributed by atoms with van der Waals surface area (Å²) in [7, 11) is 1.64. The summed E-state index contributed by atoms with van der Waals surface area (Å²) in [5.74, 6) is 0.176. The fourth-order valence-corrected chi connectivity index (χ4v) is 2.72. The zero-order valence-electron chi connectivity index (χ0n) is 17.0. The van der Waals surface area contributed by atoms with Gasteiger partial charge in [0.15, 0.2) is 5.78 Å². The van der Waals surface area contributed by atoms with Crippen molar-refractivity contribution >= 4 is 17.5 Å². The number of carbonyl (C=O) groups is 2. The largest absolute Gasteiger partial charge is 0.491 e. The van der Waals surface area contributed by atoms with Gasteiger partial charge in [-0.2, -0.15) is 0 Å². The van der Waals surface area contributed by atoms with Crippen molar-refractivity contribution in [2.75, 3.05) is 25.5 Å². The van der Waals surface area contributed by atoms with E-state index in [1.54, 1.807) is 37.4 Å². The molecule has 0 aliphatic carbocycles. The Hall–Kier alpha value is -2.89. The number of anilines is 1. The summed E-state index contributed by atoms with van der Waals surface area (Å²) < 4.78 is 19.4. The van der Waals surface area contributed by atoms with Crippen molar-refractivity contribution in [1.82, 2.24) is 4.90 Å². The molecule has 0 saturated heterocycles. The highest BCUT2D eigenvalue weighted by Gasteiger charge is 2.20. The predicted molar refractivity (Wildman–Crippen MR) is 109 cm³/mol. The van der Waals surface area contributed by atoms with Gasteiger partial charge in [0.2, 0.25) is 0 Å². The van der Waals surface area contributed by atoms with Gasteiger partial charge in [0.1, 0.15) is 18.2 Å². The Morgan fingerprint density at radius 1 is 1.14 bits per heavy atom. The van der Waals surface area contributed by atoms with Gasteiger partial charge in [0, 0.05) is 18.2 Å². The maximum absolute atomic E-state index is 13.6. The molecular weight excluding hydrogens is 359 g/mol. The number of amides is 2. The second kappa shape index (κ2) is 8.87. The number of likely N-dealkylation sites (N-methyl/N-ethyl adjacent to an activating group) is 1. The van der Waals surface area contributed by atoms with Crippen LogP contribution in [0.3, 0.4) is 0 Å². The fourth-order valence-electron chi connectivity index (χ4n) is 2.72. The van der Waals surface area contributed by atoms with E-state index >= 15 is 0 Å². The number of Topliss-reactive ketones (excluding diaryl/α,β-unsaturated/α-hetero) is 1. The van der Waals surface area contributed by atoms with Gasteiger partial charge >= 0.3 is 6.03 Å². The molecular formula is C22H27FN2O3. The molecule has 2 rings (SSSR count). The summed E-state index contributed by atoms with van der Waals surface area (Å²) in [5, 5.41) is 2.74. The summed E-state index contributed by atoms with van der Waals surface area (Å²) in [5.41, 5.74) is 1.44. The lowest BCUT2D eigenvalue weighted by atomic mass is 9.86. The van der Waals surface area contributed by atoms with Crippen LogP contribution in [0.1, 0.15) is 43.6 Å². The van der Waals surface area contributed by atoms with Gasteiger partial charge in [-0.3, -0.25) is 4.79 Å². The van der Waals surface area contributed by atoms with Crippen LogP contribution >= 0.6 is 0 Å². The van der Waals surface area contributed by atoms with Crippen LogP contribution in [-0.4, -0.2) is 36.9 Å². The molecule has 6 heteroatoms. The molecule has 150 valence electrons. The van der Waals surface area contributed by atoms with Crippen molar-refractivity contribution in [3.05, 3.63) is 59.4 Å². The van der Waals surface area contributed by atoms with E-state index in [0.29, 0.717) is 23.5 Å². The summed E-state index contributed by atoms with van der Waals surface area (Å²) in [6, 6.07) is 11.0. The lowest BCUT2D eigenvalue weighted by Gasteiger charge is -2.24. The summed E-state index contributed by atoms with van der Waals surface area (Å²) in [6.45, 7) is 8.00. The molecule has 0 aliphatic heterocycles. The maximum Gasteiger partial charge on any atom is 0.321 e. The molecule has 0 fully saturated rings. The maximum atomic E-state index is 13.6. The molecule has 0 radical (unpaired) electrons.